The number of carbonyl (C=O) groups excluding carboxylic acids is 2. The zero-order chi connectivity index (χ0) is 23.7. The normalized spacial score (nSPS) is 15.6. The highest BCUT2D eigenvalue weighted by Gasteiger charge is 2.33. The number of para-hydroxylation sites is 2. The predicted octanol–water partition coefficient (Wildman–Crippen LogP) is 3.24. The van der Waals surface area contributed by atoms with E-state index < -0.39 is 23.8 Å². The molecule has 0 saturated carbocycles. The van der Waals surface area contributed by atoms with E-state index in [1.807, 2.05) is 24.3 Å². The molecule has 2 heterocycles. The van der Waals surface area contributed by atoms with Gasteiger partial charge in [-0.25, -0.2) is 9.38 Å². The van der Waals surface area contributed by atoms with Crippen molar-refractivity contribution in [2.24, 2.45) is 4.99 Å². The number of hydrogen-bond donors (Lipinski definition) is 3. The average molecular weight is 456 g/mol. The molecule has 0 radical (unpaired) electrons. The third kappa shape index (κ3) is 3.84. The van der Waals surface area contributed by atoms with Crippen molar-refractivity contribution >= 4 is 34.1 Å². The second-order valence-electron chi connectivity index (χ2n) is 7.83. The van der Waals surface area contributed by atoms with Crippen LogP contribution in [0.3, 0.4) is 0 Å². The van der Waals surface area contributed by atoms with E-state index in [4.69, 9.17) is 0 Å². The Bertz CT molecular complexity index is 1400. The van der Waals surface area contributed by atoms with E-state index in [9.17, 15) is 19.1 Å². The van der Waals surface area contributed by atoms with Gasteiger partial charge in [0.2, 0.25) is 6.17 Å². The van der Waals surface area contributed by atoms with Crippen LogP contribution in [0.25, 0.3) is 10.9 Å². The first-order valence-corrected chi connectivity index (χ1v) is 10.8. The Hall–Kier alpha value is -4.30. The fourth-order valence-corrected chi connectivity index (χ4v) is 4.12. The smallest absolute Gasteiger partial charge is 0.272 e. The lowest BCUT2D eigenvalue weighted by atomic mass is 10.00. The minimum atomic E-state index is -1.33. The maximum Gasteiger partial charge on any atom is 0.272 e. The van der Waals surface area contributed by atoms with Gasteiger partial charge in [-0.3, -0.25) is 9.59 Å². The number of aromatic amines is 1. The maximum atomic E-state index is 14.8. The van der Waals surface area contributed by atoms with E-state index in [0.29, 0.717) is 11.3 Å². The molecular weight excluding hydrogens is 435 g/mol. The van der Waals surface area contributed by atoms with E-state index in [2.05, 4.69) is 15.3 Å². The van der Waals surface area contributed by atoms with E-state index >= 15 is 0 Å². The number of carbonyl (C=O) groups is 2. The number of aliphatic hydroxyl groups is 1. The summed E-state index contributed by atoms with van der Waals surface area (Å²) in [4.78, 5) is 35.5. The summed E-state index contributed by atoms with van der Waals surface area (Å²) in [6.45, 7) is -0.299. The van der Waals surface area contributed by atoms with Crippen LogP contribution in [0.4, 0.5) is 10.1 Å². The summed E-state index contributed by atoms with van der Waals surface area (Å²) in [6, 6.07) is 22.2. The Morgan fingerprint density at radius 3 is 2.50 bits per heavy atom. The fourth-order valence-electron chi connectivity index (χ4n) is 4.12. The number of benzene rings is 3. The molecule has 0 spiro atoms. The molecule has 0 saturated heterocycles. The number of hydrogen-bond acceptors (Lipinski definition) is 4. The van der Waals surface area contributed by atoms with Gasteiger partial charge in [-0.2, -0.15) is 0 Å². The Kier molecular flexibility index (Phi) is 5.65. The number of fused-ring (bicyclic) bond motifs is 2. The summed E-state index contributed by atoms with van der Waals surface area (Å²) in [5.74, 6) is -1.56. The number of β-amino-alcohol motifs (C(OH)–C–C–N with tert-alkyl or cyclic N) is 1. The Morgan fingerprint density at radius 2 is 1.74 bits per heavy atom. The van der Waals surface area contributed by atoms with E-state index in [1.165, 1.54) is 11.0 Å². The van der Waals surface area contributed by atoms with Gasteiger partial charge in [0.15, 0.2) is 0 Å². The first kappa shape index (κ1) is 21.5. The van der Waals surface area contributed by atoms with Gasteiger partial charge >= 0.3 is 0 Å². The first-order valence-electron chi connectivity index (χ1n) is 10.8. The summed E-state index contributed by atoms with van der Waals surface area (Å²) >= 11 is 0. The molecule has 1 aliphatic heterocycles. The number of nitrogens with zero attached hydrogens (tertiary/aromatic N) is 2. The van der Waals surface area contributed by atoms with Crippen molar-refractivity contribution in [1.82, 2.24) is 10.3 Å². The zero-order valence-electron chi connectivity index (χ0n) is 18.0. The van der Waals surface area contributed by atoms with Crippen molar-refractivity contribution in [2.75, 3.05) is 18.1 Å². The molecule has 0 fully saturated rings. The quantitative estimate of drug-likeness (QED) is 0.430. The van der Waals surface area contributed by atoms with E-state index in [-0.39, 0.29) is 30.1 Å². The van der Waals surface area contributed by atoms with Crippen molar-refractivity contribution in [3.05, 3.63) is 102 Å². The number of H-pyrrole nitrogens is 1. The van der Waals surface area contributed by atoms with Crippen LogP contribution in [-0.4, -0.2) is 46.9 Å². The Balaban J connectivity index is 1.60. The first-order chi connectivity index (χ1) is 16.6. The van der Waals surface area contributed by atoms with Gasteiger partial charge in [0.25, 0.3) is 11.8 Å². The van der Waals surface area contributed by atoms with Crippen LogP contribution in [0.1, 0.15) is 21.6 Å². The molecule has 2 amide bonds. The highest BCUT2D eigenvalue weighted by molar-refractivity contribution is 6.20. The number of rotatable bonds is 5. The molecule has 34 heavy (non-hydrogen) atoms. The molecule has 4 aromatic rings. The Labute approximate surface area is 194 Å². The van der Waals surface area contributed by atoms with Crippen LogP contribution in [0, 0.1) is 5.82 Å². The number of anilines is 1. The minimum absolute atomic E-state index is 0.00528. The highest BCUT2D eigenvalue weighted by Crippen LogP contribution is 2.29. The van der Waals surface area contributed by atoms with Gasteiger partial charge in [0.05, 0.1) is 18.0 Å². The van der Waals surface area contributed by atoms with Crippen LogP contribution < -0.4 is 10.2 Å². The summed E-state index contributed by atoms with van der Waals surface area (Å²) in [5, 5.41) is 13.2. The Morgan fingerprint density at radius 1 is 1.03 bits per heavy atom. The van der Waals surface area contributed by atoms with Crippen molar-refractivity contribution in [1.29, 1.82) is 0 Å². The lowest BCUT2D eigenvalue weighted by Crippen LogP contribution is -2.48. The summed E-state index contributed by atoms with van der Waals surface area (Å²) in [7, 11) is 0. The third-order valence-electron chi connectivity index (χ3n) is 5.70. The monoisotopic (exact) mass is 456 g/mol. The van der Waals surface area contributed by atoms with Crippen LogP contribution in [0.15, 0.2) is 83.9 Å². The summed E-state index contributed by atoms with van der Waals surface area (Å²) in [6.07, 6.45) is -1.33. The second-order valence-corrected chi connectivity index (χ2v) is 7.83. The van der Waals surface area contributed by atoms with Crippen molar-refractivity contribution in [2.45, 2.75) is 6.17 Å². The number of benzodiazepines with no additional fused rings is 1. The highest BCUT2D eigenvalue weighted by atomic mass is 19.1. The van der Waals surface area contributed by atoms with Gasteiger partial charge < -0.3 is 20.3 Å². The molecule has 0 aliphatic carbocycles. The van der Waals surface area contributed by atoms with Gasteiger partial charge in [-0.05, 0) is 30.3 Å². The van der Waals surface area contributed by atoms with E-state index in [1.54, 1.807) is 48.5 Å². The van der Waals surface area contributed by atoms with Crippen molar-refractivity contribution < 1.29 is 19.1 Å². The van der Waals surface area contributed by atoms with Gasteiger partial charge in [0, 0.05) is 28.6 Å². The number of amides is 2. The summed E-state index contributed by atoms with van der Waals surface area (Å²) < 4.78 is 14.8. The topological polar surface area (TPSA) is 97.8 Å². The SMILES string of the molecule is O=C(NC1N=C(c2ccccc2F)c2ccccc2N(CCO)C1=O)c1cc2ccccc2[nH]1. The number of aliphatic hydroxyl groups excluding tert-OH is 1. The lowest BCUT2D eigenvalue weighted by molar-refractivity contribution is -0.120. The molecule has 1 aliphatic rings. The van der Waals surface area contributed by atoms with Crippen LogP contribution in [-0.2, 0) is 4.79 Å². The van der Waals surface area contributed by atoms with Crippen molar-refractivity contribution in [3.63, 3.8) is 0 Å². The number of halogens is 1. The molecule has 1 atom stereocenters. The van der Waals surface area contributed by atoms with E-state index in [0.717, 1.165) is 10.9 Å². The molecule has 170 valence electrons. The lowest BCUT2D eigenvalue weighted by Gasteiger charge is -2.24. The van der Waals surface area contributed by atoms with Crippen molar-refractivity contribution in [3.8, 4) is 0 Å². The van der Waals surface area contributed by atoms with Gasteiger partial charge in [0.1, 0.15) is 11.5 Å². The molecule has 1 aromatic heterocycles. The van der Waals surface area contributed by atoms with Gasteiger partial charge in [-0.1, -0.05) is 48.5 Å². The molecule has 5 rings (SSSR count). The molecule has 1 unspecified atom stereocenters. The molecule has 8 heteroatoms. The number of aromatic nitrogens is 1. The fraction of sp³-hybridized carbons (Fsp3) is 0.115. The molecule has 7 nitrogen and oxygen atoms in total. The zero-order valence-corrected chi connectivity index (χ0v) is 18.0. The standard InChI is InChI=1S/C26H21FN4O3/c27-19-10-4-2-8-17(19)23-18-9-3-6-12-22(18)31(13-14-32)26(34)24(29-23)30-25(33)21-15-16-7-1-5-11-20(16)28-21/h1-12,15,24,28,32H,13-14H2,(H,30,33). The minimum Gasteiger partial charge on any atom is -0.395 e. The molecule has 3 N–H and O–H groups in total. The largest absolute Gasteiger partial charge is 0.395 e. The number of aliphatic imine (C=N–C) groups is 1. The molecular formula is C26H21FN4O3. The van der Waals surface area contributed by atoms with Crippen LogP contribution in [0.2, 0.25) is 0 Å². The summed E-state index contributed by atoms with van der Waals surface area (Å²) in [5.41, 5.74) is 2.50. The molecule has 0 bridgehead atoms. The third-order valence-corrected chi connectivity index (χ3v) is 5.70. The second kappa shape index (κ2) is 8.92. The van der Waals surface area contributed by atoms with Crippen LogP contribution >= 0.6 is 0 Å². The predicted molar refractivity (Wildman–Crippen MR) is 127 cm³/mol. The molecule has 3 aromatic carbocycles. The maximum absolute atomic E-state index is 14.8. The van der Waals surface area contributed by atoms with Crippen LogP contribution in [0.5, 0.6) is 0 Å². The van der Waals surface area contributed by atoms with Gasteiger partial charge in [-0.15, -0.1) is 0 Å². The average Bonchev–Trinajstić information content (AvgIpc) is 3.26. The number of nitrogens with one attached hydrogen (secondary N) is 2.